The molecule has 0 aliphatic rings. The molecule has 26 heavy (non-hydrogen) atoms. The zero-order valence-electron chi connectivity index (χ0n) is 13.9. The van der Waals surface area contributed by atoms with Gasteiger partial charge >= 0.3 is 0 Å². The van der Waals surface area contributed by atoms with E-state index in [1.807, 2.05) is 78.9 Å². The van der Waals surface area contributed by atoms with Crippen LogP contribution in [0.4, 0.5) is 5.95 Å². The highest BCUT2D eigenvalue weighted by molar-refractivity contribution is 5.80. The van der Waals surface area contributed by atoms with Gasteiger partial charge in [-0.05, 0) is 12.1 Å². The summed E-state index contributed by atoms with van der Waals surface area (Å²) in [5.41, 5.74) is 4.15. The highest BCUT2D eigenvalue weighted by atomic mass is 15.2. The minimum atomic E-state index is 0.300. The molecule has 0 amide bonds. The van der Waals surface area contributed by atoms with Gasteiger partial charge in [-0.15, -0.1) is 10.2 Å². The highest BCUT2D eigenvalue weighted by Crippen LogP contribution is 2.29. The SMILES string of the molecule is C(=N\c1nnc(-c2ccccc2)c(-c2ccccc2)n1)/c1ccccn1. The smallest absolute Gasteiger partial charge is 0.255 e. The summed E-state index contributed by atoms with van der Waals surface area (Å²) >= 11 is 0. The van der Waals surface area contributed by atoms with Gasteiger partial charge in [0.2, 0.25) is 0 Å². The molecule has 0 bridgehead atoms. The maximum absolute atomic E-state index is 4.64. The molecule has 0 radical (unpaired) electrons. The number of aliphatic imine (C=N–C) groups is 1. The summed E-state index contributed by atoms with van der Waals surface area (Å²) in [6.07, 6.45) is 3.35. The summed E-state index contributed by atoms with van der Waals surface area (Å²) in [5.74, 6) is 0.300. The van der Waals surface area contributed by atoms with E-state index in [1.54, 1.807) is 12.4 Å². The van der Waals surface area contributed by atoms with Crippen LogP contribution in [0.3, 0.4) is 0 Å². The molecule has 2 aromatic carbocycles. The third kappa shape index (κ3) is 3.52. The van der Waals surface area contributed by atoms with Crippen molar-refractivity contribution in [3.05, 3.63) is 90.8 Å². The van der Waals surface area contributed by atoms with Crippen molar-refractivity contribution in [3.8, 4) is 22.5 Å². The van der Waals surface area contributed by atoms with Crippen LogP contribution in [-0.2, 0) is 0 Å². The maximum atomic E-state index is 4.64. The molecule has 0 N–H and O–H groups in total. The Labute approximate surface area is 151 Å². The zero-order chi connectivity index (χ0) is 17.6. The lowest BCUT2D eigenvalue weighted by Crippen LogP contribution is -1.97. The van der Waals surface area contributed by atoms with Gasteiger partial charge in [0.1, 0.15) is 11.4 Å². The normalized spacial score (nSPS) is 10.9. The van der Waals surface area contributed by atoms with Gasteiger partial charge in [0.15, 0.2) is 0 Å². The lowest BCUT2D eigenvalue weighted by atomic mass is 10.0. The van der Waals surface area contributed by atoms with Crippen molar-refractivity contribution >= 4 is 12.2 Å². The molecule has 0 atom stereocenters. The molecule has 4 rings (SSSR count). The standard InChI is InChI=1S/C21H15N5/c1-3-9-16(10-4-1)19-20(17-11-5-2-6-12-17)25-26-21(24-19)23-15-18-13-7-8-14-22-18/h1-15H/b23-15+. The van der Waals surface area contributed by atoms with Crippen molar-refractivity contribution in [1.82, 2.24) is 20.2 Å². The van der Waals surface area contributed by atoms with E-state index in [4.69, 9.17) is 0 Å². The summed E-state index contributed by atoms with van der Waals surface area (Å²) in [5, 5.41) is 8.56. The van der Waals surface area contributed by atoms with E-state index in [-0.39, 0.29) is 0 Å². The molecule has 2 aromatic heterocycles. The summed E-state index contributed by atoms with van der Waals surface area (Å²) in [4.78, 5) is 13.2. The monoisotopic (exact) mass is 337 g/mol. The predicted molar refractivity (Wildman–Crippen MR) is 102 cm³/mol. The Morgan fingerprint density at radius 1 is 0.654 bits per heavy atom. The van der Waals surface area contributed by atoms with E-state index in [0.717, 1.165) is 28.2 Å². The fourth-order valence-corrected chi connectivity index (χ4v) is 2.54. The highest BCUT2D eigenvalue weighted by Gasteiger charge is 2.12. The number of nitrogens with zero attached hydrogens (tertiary/aromatic N) is 5. The number of benzene rings is 2. The maximum Gasteiger partial charge on any atom is 0.269 e. The number of aromatic nitrogens is 4. The van der Waals surface area contributed by atoms with E-state index < -0.39 is 0 Å². The van der Waals surface area contributed by atoms with E-state index in [9.17, 15) is 0 Å². The van der Waals surface area contributed by atoms with Crippen molar-refractivity contribution in [1.29, 1.82) is 0 Å². The first kappa shape index (κ1) is 15.8. The number of hydrogen-bond donors (Lipinski definition) is 0. The summed E-state index contributed by atoms with van der Waals surface area (Å²) < 4.78 is 0. The van der Waals surface area contributed by atoms with Gasteiger partial charge in [0.05, 0.1) is 11.9 Å². The third-order valence-corrected chi connectivity index (χ3v) is 3.77. The zero-order valence-corrected chi connectivity index (χ0v) is 13.9. The molecule has 0 spiro atoms. The van der Waals surface area contributed by atoms with Crippen LogP contribution < -0.4 is 0 Å². The van der Waals surface area contributed by atoms with Gasteiger partial charge < -0.3 is 0 Å². The summed E-state index contributed by atoms with van der Waals surface area (Å²) in [6.45, 7) is 0. The van der Waals surface area contributed by atoms with Gasteiger partial charge in [-0.25, -0.2) is 9.98 Å². The predicted octanol–water partition coefficient (Wildman–Crippen LogP) is 4.35. The van der Waals surface area contributed by atoms with Gasteiger partial charge in [-0.2, -0.15) is 0 Å². The van der Waals surface area contributed by atoms with Crippen molar-refractivity contribution < 1.29 is 0 Å². The molecule has 0 saturated carbocycles. The first-order chi connectivity index (χ1) is 12.9. The molecule has 5 heteroatoms. The fourth-order valence-electron chi connectivity index (χ4n) is 2.54. The second kappa shape index (κ2) is 7.44. The summed E-state index contributed by atoms with van der Waals surface area (Å²) in [7, 11) is 0. The van der Waals surface area contributed by atoms with Gasteiger partial charge in [0, 0.05) is 17.3 Å². The Bertz CT molecular complexity index is 1020. The van der Waals surface area contributed by atoms with Crippen molar-refractivity contribution in [2.24, 2.45) is 4.99 Å². The van der Waals surface area contributed by atoms with Crippen LogP contribution in [0.1, 0.15) is 5.69 Å². The molecule has 0 unspecified atom stereocenters. The molecular weight excluding hydrogens is 322 g/mol. The van der Waals surface area contributed by atoms with Gasteiger partial charge in [0.25, 0.3) is 5.95 Å². The molecule has 0 aliphatic carbocycles. The largest absolute Gasteiger partial charge is 0.269 e. The van der Waals surface area contributed by atoms with Crippen LogP contribution in [0.15, 0.2) is 90.1 Å². The van der Waals surface area contributed by atoms with Crippen LogP contribution in [0.2, 0.25) is 0 Å². The number of hydrogen-bond acceptors (Lipinski definition) is 5. The Morgan fingerprint density at radius 2 is 1.31 bits per heavy atom. The average molecular weight is 337 g/mol. The van der Waals surface area contributed by atoms with Crippen LogP contribution in [0, 0.1) is 0 Å². The van der Waals surface area contributed by atoms with E-state index >= 15 is 0 Å². The molecular formula is C21H15N5. The quantitative estimate of drug-likeness (QED) is 0.519. The topological polar surface area (TPSA) is 63.9 Å². The van der Waals surface area contributed by atoms with E-state index in [0.29, 0.717) is 5.95 Å². The molecule has 0 saturated heterocycles. The van der Waals surface area contributed by atoms with Crippen LogP contribution in [0.25, 0.3) is 22.5 Å². The van der Waals surface area contributed by atoms with E-state index in [2.05, 4.69) is 25.2 Å². The van der Waals surface area contributed by atoms with Gasteiger partial charge in [-0.1, -0.05) is 66.7 Å². The minimum Gasteiger partial charge on any atom is -0.255 e. The molecule has 4 aromatic rings. The van der Waals surface area contributed by atoms with Crippen LogP contribution >= 0.6 is 0 Å². The summed E-state index contributed by atoms with van der Waals surface area (Å²) in [6, 6.07) is 25.5. The number of pyridine rings is 1. The van der Waals surface area contributed by atoms with E-state index in [1.165, 1.54) is 0 Å². The van der Waals surface area contributed by atoms with Crippen molar-refractivity contribution in [2.75, 3.05) is 0 Å². The number of rotatable bonds is 4. The molecule has 124 valence electrons. The average Bonchev–Trinajstić information content (AvgIpc) is 2.74. The molecule has 2 heterocycles. The van der Waals surface area contributed by atoms with Crippen molar-refractivity contribution in [2.45, 2.75) is 0 Å². The Morgan fingerprint density at radius 3 is 1.96 bits per heavy atom. The second-order valence-corrected chi connectivity index (χ2v) is 5.55. The first-order valence-corrected chi connectivity index (χ1v) is 8.21. The van der Waals surface area contributed by atoms with Crippen LogP contribution in [-0.4, -0.2) is 26.4 Å². The Balaban J connectivity index is 1.78. The van der Waals surface area contributed by atoms with Crippen molar-refractivity contribution in [3.63, 3.8) is 0 Å². The fraction of sp³-hybridized carbons (Fsp3) is 0. The van der Waals surface area contributed by atoms with Gasteiger partial charge in [-0.3, -0.25) is 4.98 Å². The minimum absolute atomic E-state index is 0.300. The first-order valence-electron chi connectivity index (χ1n) is 8.21. The molecule has 5 nitrogen and oxygen atoms in total. The second-order valence-electron chi connectivity index (χ2n) is 5.55. The Kier molecular flexibility index (Phi) is 4.52. The lowest BCUT2D eigenvalue weighted by Gasteiger charge is -2.08. The van der Waals surface area contributed by atoms with Crippen LogP contribution in [0.5, 0.6) is 0 Å². The molecule has 0 aliphatic heterocycles. The Hall–Kier alpha value is -3.73. The lowest BCUT2D eigenvalue weighted by molar-refractivity contribution is 0.976. The third-order valence-electron chi connectivity index (χ3n) is 3.77. The molecule has 0 fully saturated rings.